The van der Waals surface area contributed by atoms with Gasteiger partial charge in [-0.15, -0.1) is 23.2 Å². The molecule has 4 aromatic carbocycles. The number of alkyl halides is 3. The number of fused-ring (bicyclic) bond motifs is 5. The van der Waals surface area contributed by atoms with Crippen LogP contribution in [0.1, 0.15) is 29.9 Å². The van der Waals surface area contributed by atoms with Gasteiger partial charge in [0.25, 0.3) is 11.8 Å². The van der Waals surface area contributed by atoms with Gasteiger partial charge in [0, 0.05) is 23.1 Å². The van der Waals surface area contributed by atoms with Crippen molar-refractivity contribution in [2.24, 2.45) is 17.8 Å². The number of hydrogen-bond acceptors (Lipinski definition) is 8. The standard InChI is InChI=1S/C41H30BrCl2N3O7/c42-21-46-38(51)40(43)19-29-26(34(41(40,44)39(46)52)27-15-14-25(18-31(27)48)53-20-22-6-2-1-3-7-22)16-17-28-33(29)37(50)47(36(28)49)24-12-10-23(11-13-24)35-45-30-8-4-5-9-32(30)54-35/h1-16,18,28-29,33-34,48H,17,19-21H2/t28-,29+,33-,34+,40+,41-/m0/s1. The number of benzene rings is 4. The van der Waals surface area contributed by atoms with Crippen LogP contribution in [0.4, 0.5) is 5.69 Å². The monoisotopic (exact) mass is 825 g/mol. The maximum atomic E-state index is 14.5. The van der Waals surface area contributed by atoms with Gasteiger partial charge in [-0.05, 0) is 66.8 Å². The zero-order valence-electron chi connectivity index (χ0n) is 28.3. The van der Waals surface area contributed by atoms with Crippen molar-refractivity contribution in [3.8, 4) is 23.0 Å². The molecule has 1 N–H and O–H groups in total. The van der Waals surface area contributed by atoms with Crippen LogP contribution in [-0.2, 0) is 25.8 Å². The Morgan fingerprint density at radius 2 is 1.63 bits per heavy atom. The minimum atomic E-state index is -2.05. The summed E-state index contributed by atoms with van der Waals surface area (Å²) in [4.78, 5) is 59.4. The quantitative estimate of drug-likeness (QED) is 0.0766. The van der Waals surface area contributed by atoms with Crippen LogP contribution in [0.2, 0.25) is 0 Å². The first-order chi connectivity index (χ1) is 26.0. The molecule has 2 saturated heterocycles. The van der Waals surface area contributed by atoms with E-state index in [1.54, 1.807) is 36.4 Å². The Kier molecular flexibility index (Phi) is 8.26. The number of nitrogens with zero attached hydrogens (tertiary/aromatic N) is 3. The number of allylic oxidation sites excluding steroid dienone is 2. The van der Waals surface area contributed by atoms with E-state index in [1.807, 2.05) is 60.7 Å². The summed E-state index contributed by atoms with van der Waals surface area (Å²) in [7, 11) is 0. The van der Waals surface area contributed by atoms with Crippen LogP contribution in [0.25, 0.3) is 22.6 Å². The molecular formula is C41H30BrCl2N3O7. The fraction of sp³-hybridized carbons (Fsp3) is 0.244. The summed E-state index contributed by atoms with van der Waals surface area (Å²) in [6, 6.07) is 28.5. The molecule has 4 amide bonds. The van der Waals surface area contributed by atoms with E-state index < -0.39 is 51.1 Å². The van der Waals surface area contributed by atoms with Crippen molar-refractivity contribution in [1.82, 2.24) is 9.88 Å². The lowest BCUT2D eigenvalue weighted by molar-refractivity contribution is -0.138. The van der Waals surface area contributed by atoms with Crippen LogP contribution in [0.5, 0.6) is 11.5 Å². The zero-order chi connectivity index (χ0) is 37.5. The molecule has 10 nitrogen and oxygen atoms in total. The van der Waals surface area contributed by atoms with E-state index in [0.29, 0.717) is 39.6 Å². The first kappa shape index (κ1) is 34.8. The highest BCUT2D eigenvalue weighted by molar-refractivity contribution is 9.09. The topological polar surface area (TPSA) is 130 Å². The van der Waals surface area contributed by atoms with Crippen LogP contribution in [0, 0.1) is 17.8 Å². The number of hydrogen-bond donors (Lipinski definition) is 1. The Labute approximate surface area is 327 Å². The van der Waals surface area contributed by atoms with Gasteiger partial charge < -0.3 is 14.3 Å². The lowest BCUT2D eigenvalue weighted by Crippen LogP contribution is -2.60. The fourth-order valence-corrected chi connectivity index (χ4v) is 10.1. The normalized spacial score (nSPS) is 27.6. The maximum absolute atomic E-state index is 14.5. The van der Waals surface area contributed by atoms with Crippen LogP contribution in [0.15, 0.2) is 113 Å². The average Bonchev–Trinajstić information content (AvgIpc) is 3.77. The number of carbonyl (C=O) groups is 4. The van der Waals surface area contributed by atoms with Gasteiger partial charge in [0.2, 0.25) is 17.7 Å². The van der Waals surface area contributed by atoms with Gasteiger partial charge in [0.1, 0.15) is 23.6 Å². The van der Waals surface area contributed by atoms with Crippen molar-refractivity contribution in [3.05, 3.63) is 120 Å². The van der Waals surface area contributed by atoms with Gasteiger partial charge in [-0.3, -0.25) is 29.0 Å². The summed E-state index contributed by atoms with van der Waals surface area (Å²) in [5, 5.41) is 11.6. The summed E-state index contributed by atoms with van der Waals surface area (Å²) in [5.74, 6) is -5.21. The number of aromatic hydroxyl groups is 1. The second kappa shape index (κ2) is 12.8. The largest absolute Gasteiger partial charge is 0.508 e. The molecule has 2 aliphatic carbocycles. The molecule has 1 saturated carbocycles. The number of phenolic OH excluding ortho intramolecular Hbond substituents is 1. The van der Waals surface area contributed by atoms with E-state index in [4.69, 9.17) is 32.4 Å². The molecule has 1 aromatic heterocycles. The molecule has 0 unspecified atom stereocenters. The SMILES string of the molecule is O=C1[C@H]2[C@H](CC=C3[C@H]2C[C@@]2(Cl)C(=O)N(CBr)C(=O)[C@@]2(Cl)[C@H]3c2ccc(OCc3ccccc3)cc2O)C(=O)N1c1ccc(-c2nc3ccccc3o2)cc1. The van der Waals surface area contributed by atoms with E-state index in [9.17, 15) is 24.3 Å². The molecule has 272 valence electrons. The Hall–Kier alpha value is -4.97. The molecule has 5 aromatic rings. The predicted octanol–water partition coefficient (Wildman–Crippen LogP) is 7.70. The minimum Gasteiger partial charge on any atom is -0.508 e. The molecule has 3 fully saturated rings. The third-order valence-electron chi connectivity index (χ3n) is 11.2. The van der Waals surface area contributed by atoms with Crippen molar-refractivity contribution in [2.75, 3.05) is 10.4 Å². The summed E-state index contributed by atoms with van der Waals surface area (Å²) >= 11 is 18.0. The summed E-state index contributed by atoms with van der Waals surface area (Å²) in [5.41, 5.74) is 3.99. The molecule has 4 aliphatic rings. The van der Waals surface area contributed by atoms with Gasteiger partial charge >= 0.3 is 0 Å². The zero-order valence-corrected chi connectivity index (χ0v) is 31.4. The molecule has 13 heteroatoms. The van der Waals surface area contributed by atoms with E-state index in [2.05, 4.69) is 20.9 Å². The summed E-state index contributed by atoms with van der Waals surface area (Å²) < 4.78 is 11.8. The smallest absolute Gasteiger partial charge is 0.254 e. The van der Waals surface area contributed by atoms with Crippen LogP contribution >= 0.6 is 39.1 Å². The number of para-hydroxylation sites is 2. The van der Waals surface area contributed by atoms with Crippen molar-refractivity contribution in [2.45, 2.75) is 35.1 Å². The van der Waals surface area contributed by atoms with Gasteiger partial charge in [-0.1, -0.05) is 76.1 Å². The van der Waals surface area contributed by atoms with Crippen molar-refractivity contribution >= 4 is 79.5 Å². The third-order valence-corrected chi connectivity index (χ3v) is 13.2. The number of rotatable bonds is 7. The van der Waals surface area contributed by atoms with E-state index in [0.717, 1.165) is 10.5 Å². The van der Waals surface area contributed by atoms with Gasteiger partial charge in [-0.2, -0.15) is 0 Å². The molecular weight excluding hydrogens is 797 g/mol. The molecule has 6 atom stereocenters. The van der Waals surface area contributed by atoms with Crippen molar-refractivity contribution in [3.63, 3.8) is 0 Å². The predicted molar refractivity (Wildman–Crippen MR) is 204 cm³/mol. The number of carbonyl (C=O) groups excluding carboxylic acids is 4. The van der Waals surface area contributed by atoms with Gasteiger partial charge in [0.05, 0.1) is 23.0 Å². The van der Waals surface area contributed by atoms with Crippen molar-refractivity contribution in [1.29, 1.82) is 0 Å². The molecule has 54 heavy (non-hydrogen) atoms. The maximum Gasteiger partial charge on any atom is 0.254 e. The first-order valence-corrected chi connectivity index (χ1v) is 19.3. The number of imide groups is 2. The highest BCUT2D eigenvalue weighted by Gasteiger charge is 2.76. The molecule has 0 spiro atoms. The number of likely N-dealkylation sites (tertiary alicyclic amines) is 1. The Morgan fingerprint density at radius 1 is 0.889 bits per heavy atom. The highest BCUT2D eigenvalue weighted by atomic mass is 79.9. The Morgan fingerprint density at radius 3 is 2.35 bits per heavy atom. The second-order valence-corrected chi connectivity index (χ2v) is 15.8. The molecule has 9 rings (SSSR count). The number of oxazole rings is 1. The summed E-state index contributed by atoms with van der Waals surface area (Å²) in [6.45, 7) is 0.253. The van der Waals surface area contributed by atoms with E-state index >= 15 is 0 Å². The highest BCUT2D eigenvalue weighted by Crippen LogP contribution is 2.66. The van der Waals surface area contributed by atoms with Crippen LogP contribution < -0.4 is 9.64 Å². The number of halogens is 3. The van der Waals surface area contributed by atoms with Crippen LogP contribution in [0.3, 0.4) is 0 Å². The van der Waals surface area contributed by atoms with E-state index in [-0.39, 0.29) is 42.1 Å². The van der Waals surface area contributed by atoms with Crippen LogP contribution in [-0.4, -0.2) is 53.8 Å². The lowest BCUT2D eigenvalue weighted by Gasteiger charge is -2.50. The number of aromatic nitrogens is 1. The Bertz CT molecular complexity index is 2390. The lowest BCUT2D eigenvalue weighted by atomic mass is 9.56. The molecule has 3 heterocycles. The third kappa shape index (κ3) is 5.01. The van der Waals surface area contributed by atoms with Gasteiger partial charge in [-0.25, -0.2) is 4.98 Å². The number of phenols is 1. The fourth-order valence-electron chi connectivity index (χ4n) is 8.70. The van der Waals surface area contributed by atoms with Gasteiger partial charge in [0.15, 0.2) is 15.3 Å². The number of anilines is 1. The first-order valence-electron chi connectivity index (χ1n) is 17.4. The van der Waals surface area contributed by atoms with E-state index in [1.165, 1.54) is 11.0 Å². The number of amides is 4. The second-order valence-electron chi connectivity index (χ2n) is 14.0. The minimum absolute atomic E-state index is 0.154. The summed E-state index contributed by atoms with van der Waals surface area (Å²) in [6.07, 6.45) is 1.84. The Balaban J connectivity index is 1.07. The van der Waals surface area contributed by atoms with Crippen molar-refractivity contribution < 1.29 is 33.4 Å². The molecule has 2 aliphatic heterocycles. The average molecular weight is 828 g/mol. The molecule has 0 radical (unpaired) electrons. The molecule has 0 bridgehead atoms. The number of ether oxygens (including phenoxy) is 1.